The number of carbonyl (C=O) groups excluding carboxylic acids is 2. The van der Waals surface area contributed by atoms with Crippen molar-refractivity contribution in [3.8, 4) is 0 Å². The molecule has 0 bridgehead atoms. The molecule has 2 fully saturated rings. The van der Waals surface area contributed by atoms with Crippen LogP contribution < -0.4 is 4.90 Å². The molecule has 0 radical (unpaired) electrons. The SMILES string of the molecule is CC(C)n1cc(N2C[C@H](C(=O)N3CCC(Cc4ccccc4)CC3)CC2=O)cn1. The number of amides is 2. The van der Waals surface area contributed by atoms with Gasteiger partial charge in [-0.3, -0.25) is 14.3 Å². The Balaban J connectivity index is 1.31. The molecule has 0 N–H and O–H groups in total. The Hall–Kier alpha value is -2.63. The molecule has 1 atom stereocenters. The predicted molar refractivity (Wildman–Crippen MR) is 113 cm³/mol. The van der Waals surface area contributed by atoms with Crippen molar-refractivity contribution in [3.05, 3.63) is 48.3 Å². The highest BCUT2D eigenvalue weighted by atomic mass is 16.2. The molecule has 0 aliphatic carbocycles. The van der Waals surface area contributed by atoms with Gasteiger partial charge in [0.2, 0.25) is 11.8 Å². The minimum atomic E-state index is -0.240. The maximum atomic E-state index is 13.0. The summed E-state index contributed by atoms with van der Waals surface area (Å²) in [6.07, 6.45) is 7.07. The summed E-state index contributed by atoms with van der Waals surface area (Å²) in [5.74, 6) is 0.543. The van der Waals surface area contributed by atoms with E-state index in [1.807, 2.05) is 21.8 Å². The number of benzene rings is 1. The van der Waals surface area contributed by atoms with E-state index in [-0.39, 0.29) is 23.8 Å². The van der Waals surface area contributed by atoms with Gasteiger partial charge in [-0.1, -0.05) is 30.3 Å². The Morgan fingerprint density at radius 2 is 1.90 bits per heavy atom. The van der Waals surface area contributed by atoms with Gasteiger partial charge in [0.1, 0.15) is 0 Å². The molecule has 2 aliphatic heterocycles. The zero-order chi connectivity index (χ0) is 20.4. The third-order valence-electron chi connectivity index (χ3n) is 6.20. The maximum absolute atomic E-state index is 13.0. The standard InChI is InChI=1S/C23H30N4O2/c1-17(2)27-16-21(14-24-27)26-15-20(13-22(26)28)23(29)25-10-8-19(9-11-25)12-18-6-4-3-5-7-18/h3-7,14,16-17,19-20H,8-13,15H2,1-2H3/t20-/m1/s1. The van der Waals surface area contributed by atoms with E-state index in [1.165, 1.54) is 5.56 Å². The van der Waals surface area contributed by atoms with E-state index in [0.717, 1.165) is 38.0 Å². The summed E-state index contributed by atoms with van der Waals surface area (Å²) < 4.78 is 1.84. The first-order valence-electron chi connectivity index (χ1n) is 10.7. The average molecular weight is 395 g/mol. The van der Waals surface area contributed by atoms with Gasteiger partial charge < -0.3 is 9.80 Å². The van der Waals surface area contributed by atoms with Crippen LogP contribution >= 0.6 is 0 Å². The quantitative estimate of drug-likeness (QED) is 0.782. The van der Waals surface area contributed by atoms with Gasteiger partial charge in [0.05, 0.1) is 17.8 Å². The molecule has 1 aromatic carbocycles. The minimum absolute atomic E-state index is 0.0191. The van der Waals surface area contributed by atoms with Gasteiger partial charge in [0.15, 0.2) is 0 Å². The number of rotatable bonds is 5. The molecule has 2 aliphatic rings. The van der Waals surface area contributed by atoms with Crippen LogP contribution in [-0.2, 0) is 16.0 Å². The second-order valence-corrected chi connectivity index (χ2v) is 8.64. The number of piperidine rings is 1. The summed E-state index contributed by atoms with van der Waals surface area (Å²) in [6.45, 7) is 6.16. The van der Waals surface area contributed by atoms with Crippen LogP contribution in [0.25, 0.3) is 0 Å². The Labute approximate surface area is 172 Å². The molecule has 0 unspecified atom stereocenters. The molecule has 0 spiro atoms. The largest absolute Gasteiger partial charge is 0.342 e. The molecule has 29 heavy (non-hydrogen) atoms. The van der Waals surface area contributed by atoms with E-state index in [1.54, 1.807) is 11.1 Å². The predicted octanol–water partition coefficient (Wildman–Crippen LogP) is 3.30. The topological polar surface area (TPSA) is 58.4 Å². The summed E-state index contributed by atoms with van der Waals surface area (Å²) in [7, 11) is 0. The van der Waals surface area contributed by atoms with E-state index in [2.05, 4.69) is 43.2 Å². The highest BCUT2D eigenvalue weighted by Crippen LogP contribution is 2.29. The van der Waals surface area contributed by atoms with Gasteiger partial charge in [-0.05, 0) is 44.6 Å². The van der Waals surface area contributed by atoms with E-state index in [4.69, 9.17) is 0 Å². The van der Waals surface area contributed by atoms with Gasteiger partial charge in [-0.15, -0.1) is 0 Å². The van der Waals surface area contributed by atoms with Gasteiger partial charge in [-0.25, -0.2) is 0 Å². The van der Waals surface area contributed by atoms with Crippen molar-refractivity contribution in [1.82, 2.24) is 14.7 Å². The average Bonchev–Trinajstić information content (AvgIpc) is 3.36. The molecule has 1 aromatic heterocycles. The normalized spacial score (nSPS) is 20.7. The third kappa shape index (κ3) is 4.36. The lowest BCUT2D eigenvalue weighted by molar-refractivity contribution is -0.137. The molecular weight excluding hydrogens is 364 g/mol. The van der Waals surface area contributed by atoms with Crippen molar-refractivity contribution >= 4 is 17.5 Å². The van der Waals surface area contributed by atoms with Gasteiger partial charge >= 0.3 is 0 Å². The van der Waals surface area contributed by atoms with Crippen LogP contribution in [0, 0.1) is 11.8 Å². The lowest BCUT2D eigenvalue weighted by Crippen LogP contribution is -2.42. The molecular formula is C23H30N4O2. The molecule has 3 heterocycles. The smallest absolute Gasteiger partial charge is 0.228 e. The van der Waals surface area contributed by atoms with E-state index >= 15 is 0 Å². The summed E-state index contributed by atoms with van der Waals surface area (Å²) in [4.78, 5) is 29.2. The monoisotopic (exact) mass is 394 g/mol. The van der Waals surface area contributed by atoms with Crippen LogP contribution in [0.3, 0.4) is 0 Å². The fraction of sp³-hybridized carbons (Fsp3) is 0.522. The van der Waals surface area contributed by atoms with Gasteiger partial charge in [-0.2, -0.15) is 5.10 Å². The van der Waals surface area contributed by atoms with E-state index < -0.39 is 0 Å². The summed E-state index contributed by atoms with van der Waals surface area (Å²) in [5.41, 5.74) is 2.16. The number of nitrogens with zero attached hydrogens (tertiary/aromatic N) is 4. The van der Waals surface area contributed by atoms with Crippen LogP contribution in [0.1, 0.15) is 44.7 Å². The number of hydrogen-bond acceptors (Lipinski definition) is 3. The molecule has 2 saturated heterocycles. The Morgan fingerprint density at radius 1 is 1.17 bits per heavy atom. The van der Waals surface area contributed by atoms with Crippen LogP contribution in [0.4, 0.5) is 5.69 Å². The highest BCUT2D eigenvalue weighted by Gasteiger charge is 2.38. The van der Waals surface area contributed by atoms with Crippen molar-refractivity contribution in [3.63, 3.8) is 0 Å². The molecule has 154 valence electrons. The molecule has 0 saturated carbocycles. The van der Waals surface area contributed by atoms with E-state index in [0.29, 0.717) is 18.9 Å². The Bertz CT molecular complexity index is 853. The number of aromatic nitrogens is 2. The second-order valence-electron chi connectivity index (χ2n) is 8.64. The van der Waals surface area contributed by atoms with Crippen LogP contribution in [0.2, 0.25) is 0 Å². The fourth-order valence-electron chi connectivity index (χ4n) is 4.44. The van der Waals surface area contributed by atoms with Crippen molar-refractivity contribution < 1.29 is 9.59 Å². The van der Waals surface area contributed by atoms with Crippen molar-refractivity contribution in [1.29, 1.82) is 0 Å². The third-order valence-corrected chi connectivity index (χ3v) is 6.20. The Morgan fingerprint density at radius 3 is 2.55 bits per heavy atom. The number of anilines is 1. The van der Waals surface area contributed by atoms with Crippen LogP contribution in [0.15, 0.2) is 42.7 Å². The fourth-order valence-corrected chi connectivity index (χ4v) is 4.44. The first-order chi connectivity index (χ1) is 14.0. The number of carbonyl (C=O) groups is 2. The van der Waals surface area contributed by atoms with Crippen LogP contribution in [-0.4, -0.2) is 46.1 Å². The van der Waals surface area contributed by atoms with Gasteiger partial charge in [0, 0.05) is 38.3 Å². The number of hydrogen-bond donors (Lipinski definition) is 0. The van der Waals surface area contributed by atoms with Crippen molar-refractivity contribution in [2.75, 3.05) is 24.5 Å². The first kappa shape index (κ1) is 19.7. The lowest BCUT2D eigenvalue weighted by Gasteiger charge is -2.33. The first-order valence-corrected chi connectivity index (χ1v) is 10.7. The zero-order valence-electron chi connectivity index (χ0n) is 17.3. The zero-order valence-corrected chi connectivity index (χ0v) is 17.3. The highest BCUT2D eigenvalue weighted by molar-refractivity contribution is 6.00. The molecule has 2 aromatic rings. The molecule has 2 amide bonds. The minimum Gasteiger partial charge on any atom is -0.342 e. The summed E-state index contributed by atoms with van der Waals surface area (Å²) in [6, 6.07) is 10.8. The molecule has 4 rings (SSSR count). The maximum Gasteiger partial charge on any atom is 0.228 e. The van der Waals surface area contributed by atoms with Crippen molar-refractivity contribution in [2.45, 2.75) is 45.6 Å². The molecule has 6 nitrogen and oxygen atoms in total. The lowest BCUT2D eigenvalue weighted by atomic mass is 9.89. The van der Waals surface area contributed by atoms with Crippen LogP contribution in [0.5, 0.6) is 0 Å². The Kier molecular flexibility index (Phi) is 5.69. The van der Waals surface area contributed by atoms with Crippen molar-refractivity contribution in [2.24, 2.45) is 11.8 Å². The number of likely N-dealkylation sites (tertiary alicyclic amines) is 1. The summed E-state index contributed by atoms with van der Waals surface area (Å²) in [5, 5.41) is 4.32. The molecule has 6 heteroatoms. The van der Waals surface area contributed by atoms with Gasteiger partial charge in [0.25, 0.3) is 0 Å². The second kappa shape index (κ2) is 8.39. The summed E-state index contributed by atoms with van der Waals surface area (Å²) >= 11 is 0. The van der Waals surface area contributed by atoms with E-state index in [9.17, 15) is 9.59 Å².